The van der Waals surface area contributed by atoms with Crippen LogP contribution in [0.5, 0.6) is 11.5 Å². The molecule has 1 atom stereocenters. The zero-order valence-corrected chi connectivity index (χ0v) is 19.2. The highest BCUT2D eigenvalue weighted by molar-refractivity contribution is 5.29. The SMILES string of the molecule is Cc1ccc(OC[C@]2(O)COCCN(Cc3cccc(OCCCn4cccn4)c3)C2)cc1. The van der Waals surface area contributed by atoms with E-state index >= 15 is 0 Å². The molecule has 0 bridgehead atoms. The molecule has 0 radical (unpaired) electrons. The molecule has 2 heterocycles. The largest absolute Gasteiger partial charge is 0.494 e. The van der Waals surface area contributed by atoms with E-state index in [1.54, 1.807) is 6.20 Å². The van der Waals surface area contributed by atoms with Gasteiger partial charge in [0, 0.05) is 45.0 Å². The van der Waals surface area contributed by atoms with Gasteiger partial charge in [-0.2, -0.15) is 5.10 Å². The number of aliphatic hydroxyl groups is 1. The third-order valence-electron chi connectivity index (χ3n) is 5.63. The summed E-state index contributed by atoms with van der Waals surface area (Å²) in [5.41, 5.74) is 1.25. The number of hydrogen-bond donors (Lipinski definition) is 1. The van der Waals surface area contributed by atoms with Crippen molar-refractivity contribution in [3.8, 4) is 11.5 Å². The summed E-state index contributed by atoms with van der Waals surface area (Å²) in [4.78, 5) is 2.21. The third-order valence-corrected chi connectivity index (χ3v) is 5.63. The first-order valence-electron chi connectivity index (χ1n) is 11.5. The molecule has 2 aromatic carbocycles. The van der Waals surface area contributed by atoms with Crippen molar-refractivity contribution in [2.24, 2.45) is 0 Å². The number of rotatable bonds is 10. The van der Waals surface area contributed by atoms with Crippen LogP contribution in [0.25, 0.3) is 0 Å². The van der Waals surface area contributed by atoms with Crippen LogP contribution in [0.2, 0.25) is 0 Å². The van der Waals surface area contributed by atoms with Gasteiger partial charge >= 0.3 is 0 Å². The molecule has 1 aliphatic rings. The Morgan fingerprint density at radius 3 is 2.79 bits per heavy atom. The van der Waals surface area contributed by atoms with Crippen LogP contribution in [0.3, 0.4) is 0 Å². The van der Waals surface area contributed by atoms with Gasteiger partial charge in [-0.1, -0.05) is 29.8 Å². The number of β-amino-alcohol motifs (C(OH)–C–C–N with tert-alkyl or cyclic N) is 1. The predicted molar refractivity (Wildman–Crippen MR) is 127 cm³/mol. The first kappa shape index (κ1) is 23.3. The second-order valence-electron chi connectivity index (χ2n) is 8.71. The lowest BCUT2D eigenvalue weighted by Crippen LogP contribution is -2.48. The lowest BCUT2D eigenvalue weighted by molar-refractivity contribution is -0.0646. The van der Waals surface area contributed by atoms with E-state index in [1.165, 1.54) is 5.56 Å². The molecule has 0 unspecified atom stereocenters. The summed E-state index contributed by atoms with van der Waals surface area (Å²) in [5, 5.41) is 15.4. The van der Waals surface area contributed by atoms with E-state index < -0.39 is 5.60 Å². The van der Waals surface area contributed by atoms with Crippen LogP contribution >= 0.6 is 0 Å². The Balaban J connectivity index is 1.28. The monoisotopic (exact) mass is 451 g/mol. The van der Waals surface area contributed by atoms with Crippen LogP contribution < -0.4 is 9.47 Å². The van der Waals surface area contributed by atoms with Gasteiger partial charge in [-0.25, -0.2) is 0 Å². The number of benzene rings is 2. The molecule has 0 aliphatic carbocycles. The van der Waals surface area contributed by atoms with Crippen molar-refractivity contribution in [1.29, 1.82) is 0 Å². The van der Waals surface area contributed by atoms with Gasteiger partial charge < -0.3 is 19.3 Å². The summed E-state index contributed by atoms with van der Waals surface area (Å²) in [5.74, 6) is 1.61. The van der Waals surface area contributed by atoms with Crippen molar-refractivity contribution in [2.45, 2.75) is 32.0 Å². The van der Waals surface area contributed by atoms with E-state index in [9.17, 15) is 5.11 Å². The molecule has 1 aliphatic heterocycles. The maximum atomic E-state index is 11.2. The number of hydrogen-bond acceptors (Lipinski definition) is 6. The Morgan fingerprint density at radius 2 is 1.97 bits per heavy atom. The van der Waals surface area contributed by atoms with Gasteiger partial charge in [0.1, 0.15) is 23.7 Å². The molecule has 7 heteroatoms. The molecular formula is C26H33N3O4. The van der Waals surface area contributed by atoms with E-state index in [1.807, 2.05) is 60.3 Å². The summed E-state index contributed by atoms with van der Waals surface area (Å²) < 4.78 is 19.4. The van der Waals surface area contributed by atoms with E-state index in [-0.39, 0.29) is 13.2 Å². The summed E-state index contributed by atoms with van der Waals surface area (Å²) >= 11 is 0. The number of aryl methyl sites for hydroxylation is 2. The normalized spacial score (nSPS) is 19.2. The van der Waals surface area contributed by atoms with Crippen molar-refractivity contribution in [3.05, 3.63) is 78.1 Å². The van der Waals surface area contributed by atoms with E-state index in [0.29, 0.717) is 26.3 Å². The molecule has 0 spiro atoms. The maximum absolute atomic E-state index is 11.2. The van der Waals surface area contributed by atoms with Gasteiger partial charge in [0.2, 0.25) is 0 Å². The quantitative estimate of drug-likeness (QED) is 0.477. The lowest BCUT2D eigenvalue weighted by atomic mass is 10.1. The van der Waals surface area contributed by atoms with Crippen LogP contribution in [0.4, 0.5) is 0 Å². The second-order valence-corrected chi connectivity index (χ2v) is 8.71. The first-order chi connectivity index (χ1) is 16.1. The highest BCUT2D eigenvalue weighted by atomic mass is 16.5. The Morgan fingerprint density at radius 1 is 1.09 bits per heavy atom. The first-order valence-corrected chi connectivity index (χ1v) is 11.5. The fourth-order valence-electron chi connectivity index (χ4n) is 3.91. The van der Waals surface area contributed by atoms with Gasteiger partial charge in [0.15, 0.2) is 0 Å². The van der Waals surface area contributed by atoms with Gasteiger partial charge in [-0.05, 0) is 42.8 Å². The second kappa shape index (κ2) is 11.3. The molecule has 1 fully saturated rings. The average molecular weight is 452 g/mol. The summed E-state index contributed by atoms with van der Waals surface area (Å²) in [6, 6.07) is 17.9. The maximum Gasteiger partial charge on any atom is 0.134 e. The fraction of sp³-hybridized carbons (Fsp3) is 0.423. The zero-order valence-electron chi connectivity index (χ0n) is 19.2. The minimum Gasteiger partial charge on any atom is -0.494 e. The van der Waals surface area contributed by atoms with E-state index in [2.05, 4.69) is 22.1 Å². The van der Waals surface area contributed by atoms with E-state index in [0.717, 1.165) is 36.6 Å². The number of ether oxygens (including phenoxy) is 3. The average Bonchev–Trinajstić information content (AvgIpc) is 3.26. The number of aromatic nitrogens is 2. The topological polar surface area (TPSA) is 69.0 Å². The highest BCUT2D eigenvalue weighted by Crippen LogP contribution is 2.20. The Bertz CT molecular complexity index is 977. The standard InChI is InChI=1S/C26H33N3O4/c1-22-7-9-24(10-8-22)33-21-26(30)19-28(14-16-31-20-26)18-23-5-2-6-25(17-23)32-15-4-13-29-12-3-11-27-29/h2-3,5-12,17,30H,4,13-16,18-21H2,1H3/t26-/m1/s1. The van der Waals surface area contributed by atoms with Crippen LogP contribution in [0.15, 0.2) is 67.0 Å². The van der Waals surface area contributed by atoms with E-state index in [4.69, 9.17) is 14.2 Å². The Labute approximate surface area is 195 Å². The summed E-state index contributed by atoms with van der Waals surface area (Å²) in [6.45, 7) is 6.48. The summed E-state index contributed by atoms with van der Waals surface area (Å²) in [7, 11) is 0. The van der Waals surface area contributed by atoms with Crippen molar-refractivity contribution >= 4 is 0 Å². The molecular weight excluding hydrogens is 418 g/mol. The van der Waals surface area contributed by atoms with Crippen LogP contribution in [0, 0.1) is 6.92 Å². The lowest BCUT2D eigenvalue weighted by Gasteiger charge is -2.30. The van der Waals surface area contributed by atoms with Crippen molar-refractivity contribution in [1.82, 2.24) is 14.7 Å². The molecule has 0 saturated carbocycles. The Kier molecular flexibility index (Phi) is 7.99. The molecule has 33 heavy (non-hydrogen) atoms. The van der Waals surface area contributed by atoms with Crippen LogP contribution in [-0.2, 0) is 17.8 Å². The van der Waals surface area contributed by atoms with Gasteiger partial charge in [0.25, 0.3) is 0 Å². The zero-order chi connectivity index (χ0) is 22.9. The van der Waals surface area contributed by atoms with Gasteiger partial charge in [0.05, 0.1) is 19.8 Å². The third kappa shape index (κ3) is 7.32. The molecule has 1 saturated heterocycles. The predicted octanol–water partition coefficient (Wildman–Crippen LogP) is 3.30. The molecule has 4 rings (SSSR count). The molecule has 1 N–H and O–H groups in total. The smallest absolute Gasteiger partial charge is 0.134 e. The minimum atomic E-state index is -1.07. The van der Waals surface area contributed by atoms with Crippen molar-refractivity contribution in [2.75, 3.05) is 39.5 Å². The Hall–Kier alpha value is -2.87. The molecule has 7 nitrogen and oxygen atoms in total. The molecule has 176 valence electrons. The highest BCUT2D eigenvalue weighted by Gasteiger charge is 2.33. The number of nitrogens with zero attached hydrogens (tertiary/aromatic N) is 3. The molecule has 3 aromatic rings. The van der Waals surface area contributed by atoms with Crippen molar-refractivity contribution < 1.29 is 19.3 Å². The van der Waals surface area contributed by atoms with Gasteiger partial charge in [-0.15, -0.1) is 0 Å². The van der Waals surface area contributed by atoms with Crippen LogP contribution in [0.1, 0.15) is 17.5 Å². The van der Waals surface area contributed by atoms with Gasteiger partial charge in [-0.3, -0.25) is 9.58 Å². The van der Waals surface area contributed by atoms with Crippen molar-refractivity contribution in [3.63, 3.8) is 0 Å². The molecule has 0 amide bonds. The molecule has 1 aromatic heterocycles. The summed E-state index contributed by atoms with van der Waals surface area (Å²) in [6.07, 6.45) is 4.63. The fourth-order valence-corrected chi connectivity index (χ4v) is 3.91. The minimum absolute atomic E-state index is 0.186. The van der Waals surface area contributed by atoms with Crippen LogP contribution in [-0.4, -0.2) is 64.9 Å².